The van der Waals surface area contributed by atoms with E-state index < -0.39 is 0 Å². The second-order valence-corrected chi connectivity index (χ2v) is 6.22. The number of aryl methyl sites for hydroxylation is 1. The number of rotatable bonds is 7. The molecule has 2 aromatic rings. The molecule has 2 rings (SSSR count). The maximum absolute atomic E-state index is 9.38. The van der Waals surface area contributed by atoms with Gasteiger partial charge < -0.3 is 16.2 Å². The van der Waals surface area contributed by atoms with Gasteiger partial charge in [-0.25, -0.2) is 4.98 Å². The summed E-state index contributed by atoms with van der Waals surface area (Å²) in [7, 11) is 0. The smallest absolute Gasteiger partial charge is 0.123 e. The average Bonchev–Trinajstić information content (AvgIpc) is 2.52. The molecule has 0 radical (unpaired) electrons. The van der Waals surface area contributed by atoms with Gasteiger partial charge in [-0.15, -0.1) is 0 Å². The van der Waals surface area contributed by atoms with E-state index in [4.69, 9.17) is 5.73 Å². The number of pyridine rings is 1. The molecule has 0 amide bonds. The van der Waals surface area contributed by atoms with Gasteiger partial charge in [0.05, 0.1) is 12.3 Å². The van der Waals surface area contributed by atoms with Crippen molar-refractivity contribution < 1.29 is 5.11 Å². The van der Waals surface area contributed by atoms with Gasteiger partial charge in [0, 0.05) is 17.6 Å². The number of benzene rings is 1. The third-order valence-electron chi connectivity index (χ3n) is 3.88. The van der Waals surface area contributed by atoms with Gasteiger partial charge in [0.1, 0.15) is 5.82 Å². The number of aliphatic hydroxyl groups is 1. The number of hydrogen-bond acceptors (Lipinski definition) is 4. The fourth-order valence-corrected chi connectivity index (χ4v) is 2.36. The van der Waals surface area contributed by atoms with Crippen LogP contribution in [0.15, 0.2) is 42.5 Å². The van der Waals surface area contributed by atoms with Crippen LogP contribution in [0.5, 0.6) is 0 Å². The number of aromatic nitrogens is 1. The van der Waals surface area contributed by atoms with Crippen LogP contribution < -0.4 is 11.1 Å². The lowest BCUT2D eigenvalue weighted by molar-refractivity contribution is 0.278. The molecular weight excluding hydrogens is 274 g/mol. The molecule has 0 spiro atoms. The Labute approximate surface area is 132 Å². The lowest BCUT2D eigenvalue weighted by Gasteiger charge is -2.27. The van der Waals surface area contributed by atoms with Crippen molar-refractivity contribution in [3.05, 3.63) is 59.3 Å². The first kappa shape index (κ1) is 16.5. The van der Waals surface area contributed by atoms with Crippen molar-refractivity contribution in [1.29, 1.82) is 0 Å². The number of nitrogens with two attached hydrogens (primary N) is 1. The summed E-state index contributed by atoms with van der Waals surface area (Å²) < 4.78 is 0. The van der Waals surface area contributed by atoms with Crippen LogP contribution in [-0.2, 0) is 19.6 Å². The Morgan fingerprint density at radius 2 is 1.86 bits per heavy atom. The summed E-state index contributed by atoms with van der Waals surface area (Å²) in [4.78, 5) is 4.32. The van der Waals surface area contributed by atoms with Gasteiger partial charge in [-0.2, -0.15) is 0 Å². The van der Waals surface area contributed by atoms with E-state index in [0.29, 0.717) is 12.4 Å². The van der Waals surface area contributed by atoms with Gasteiger partial charge >= 0.3 is 0 Å². The molecule has 4 heteroatoms. The third-order valence-corrected chi connectivity index (χ3v) is 3.88. The van der Waals surface area contributed by atoms with Crippen molar-refractivity contribution in [2.75, 3.05) is 5.73 Å². The van der Waals surface area contributed by atoms with Gasteiger partial charge in [0.2, 0.25) is 0 Å². The molecule has 0 saturated carbocycles. The fourth-order valence-electron chi connectivity index (χ4n) is 2.36. The molecule has 4 nitrogen and oxygen atoms in total. The summed E-state index contributed by atoms with van der Waals surface area (Å²) in [6.07, 6.45) is 2.05. The molecule has 1 aromatic heterocycles. The number of anilines is 1. The van der Waals surface area contributed by atoms with E-state index >= 15 is 0 Å². The fraction of sp³-hybridized carbons (Fsp3) is 0.389. The summed E-state index contributed by atoms with van der Waals surface area (Å²) in [5.41, 5.74) is 8.69. The zero-order valence-electron chi connectivity index (χ0n) is 13.3. The van der Waals surface area contributed by atoms with Gasteiger partial charge in [-0.1, -0.05) is 36.4 Å². The Kier molecular flexibility index (Phi) is 5.52. The monoisotopic (exact) mass is 299 g/mol. The standard InChI is InChI=1S/C18H25N3O/c1-18(2,11-10-14-6-4-3-5-7-14)20-12-16-15(13-22)8-9-17(19)21-16/h3-9,20,22H,10-13H2,1-2H3,(H2,19,21). The molecule has 1 aromatic carbocycles. The van der Waals surface area contributed by atoms with Crippen LogP contribution in [0.25, 0.3) is 0 Å². The Morgan fingerprint density at radius 1 is 1.14 bits per heavy atom. The zero-order valence-corrected chi connectivity index (χ0v) is 13.3. The maximum atomic E-state index is 9.38. The molecule has 0 atom stereocenters. The number of hydrogen-bond donors (Lipinski definition) is 3. The van der Waals surface area contributed by atoms with Gasteiger partial charge in [0.15, 0.2) is 0 Å². The molecule has 0 saturated heterocycles. The Balaban J connectivity index is 1.93. The van der Waals surface area contributed by atoms with Crippen LogP contribution in [0.3, 0.4) is 0 Å². The van der Waals surface area contributed by atoms with E-state index in [1.165, 1.54) is 5.56 Å². The highest BCUT2D eigenvalue weighted by Crippen LogP contribution is 2.16. The topological polar surface area (TPSA) is 71.2 Å². The van der Waals surface area contributed by atoms with Gasteiger partial charge in [-0.05, 0) is 38.3 Å². The Hall–Kier alpha value is -1.91. The highest BCUT2D eigenvalue weighted by atomic mass is 16.3. The van der Waals surface area contributed by atoms with E-state index in [1.807, 2.05) is 12.1 Å². The molecule has 22 heavy (non-hydrogen) atoms. The molecular formula is C18H25N3O. The Bertz CT molecular complexity index is 597. The summed E-state index contributed by atoms with van der Waals surface area (Å²) >= 11 is 0. The Morgan fingerprint density at radius 3 is 2.55 bits per heavy atom. The molecule has 118 valence electrons. The van der Waals surface area contributed by atoms with Crippen molar-refractivity contribution in [2.45, 2.75) is 45.4 Å². The van der Waals surface area contributed by atoms with Gasteiger partial charge in [0.25, 0.3) is 0 Å². The minimum absolute atomic E-state index is 0.0190. The molecule has 0 aliphatic carbocycles. The second kappa shape index (κ2) is 7.38. The SMILES string of the molecule is CC(C)(CCc1ccccc1)NCc1nc(N)ccc1CO. The first-order chi connectivity index (χ1) is 10.5. The van der Waals surface area contributed by atoms with E-state index in [0.717, 1.165) is 24.1 Å². The summed E-state index contributed by atoms with van der Waals surface area (Å²) in [6, 6.07) is 14.0. The number of nitrogens with zero attached hydrogens (tertiary/aromatic N) is 1. The van der Waals surface area contributed by atoms with E-state index in [1.54, 1.807) is 6.07 Å². The molecule has 0 aliphatic heterocycles. The number of nitrogen functional groups attached to an aromatic ring is 1. The summed E-state index contributed by atoms with van der Waals surface area (Å²) in [5.74, 6) is 0.482. The minimum Gasteiger partial charge on any atom is -0.392 e. The number of aliphatic hydroxyl groups excluding tert-OH is 1. The first-order valence-electron chi connectivity index (χ1n) is 7.64. The van der Waals surface area contributed by atoms with Crippen LogP contribution >= 0.6 is 0 Å². The summed E-state index contributed by atoms with van der Waals surface area (Å²) in [5, 5.41) is 12.9. The normalized spacial score (nSPS) is 11.6. The molecule has 0 bridgehead atoms. The van der Waals surface area contributed by atoms with E-state index in [2.05, 4.69) is 48.4 Å². The van der Waals surface area contributed by atoms with Crippen LogP contribution in [0, 0.1) is 0 Å². The van der Waals surface area contributed by atoms with Crippen molar-refractivity contribution in [3.63, 3.8) is 0 Å². The van der Waals surface area contributed by atoms with Crippen molar-refractivity contribution in [1.82, 2.24) is 10.3 Å². The molecule has 4 N–H and O–H groups in total. The van der Waals surface area contributed by atoms with E-state index in [9.17, 15) is 5.11 Å². The van der Waals surface area contributed by atoms with Crippen LogP contribution in [0.1, 0.15) is 37.1 Å². The minimum atomic E-state index is -0.0191. The third kappa shape index (κ3) is 4.83. The van der Waals surface area contributed by atoms with Crippen molar-refractivity contribution in [3.8, 4) is 0 Å². The van der Waals surface area contributed by atoms with Crippen LogP contribution in [-0.4, -0.2) is 15.6 Å². The van der Waals surface area contributed by atoms with E-state index in [-0.39, 0.29) is 12.1 Å². The first-order valence-corrected chi connectivity index (χ1v) is 7.64. The predicted octanol–water partition coefficient (Wildman–Crippen LogP) is 2.66. The van der Waals surface area contributed by atoms with Crippen LogP contribution in [0.4, 0.5) is 5.82 Å². The van der Waals surface area contributed by atoms with Gasteiger partial charge in [-0.3, -0.25) is 0 Å². The molecule has 0 unspecified atom stereocenters. The lowest BCUT2D eigenvalue weighted by atomic mass is 9.95. The predicted molar refractivity (Wildman–Crippen MR) is 90.3 cm³/mol. The number of nitrogens with one attached hydrogen (secondary N) is 1. The largest absolute Gasteiger partial charge is 0.392 e. The average molecular weight is 299 g/mol. The highest BCUT2D eigenvalue weighted by molar-refractivity contribution is 5.34. The van der Waals surface area contributed by atoms with Crippen molar-refractivity contribution >= 4 is 5.82 Å². The second-order valence-electron chi connectivity index (χ2n) is 6.22. The highest BCUT2D eigenvalue weighted by Gasteiger charge is 2.18. The van der Waals surface area contributed by atoms with Crippen LogP contribution in [0.2, 0.25) is 0 Å². The zero-order chi connectivity index (χ0) is 16.0. The molecule has 0 fully saturated rings. The maximum Gasteiger partial charge on any atom is 0.123 e. The lowest BCUT2D eigenvalue weighted by Crippen LogP contribution is -2.39. The molecule has 1 heterocycles. The molecule has 0 aliphatic rings. The van der Waals surface area contributed by atoms with Crippen molar-refractivity contribution in [2.24, 2.45) is 0 Å². The summed E-state index contributed by atoms with van der Waals surface area (Å²) in [6.45, 7) is 4.94. The quantitative estimate of drug-likeness (QED) is 0.735.